The van der Waals surface area contributed by atoms with Crippen LogP contribution in [0.15, 0.2) is 41.3 Å². The summed E-state index contributed by atoms with van der Waals surface area (Å²) < 4.78 is 67.8. The Morgan fingerprint density at radius 2 is 1.73 bits per heavy atom. The number of nitrogens with one attached hydrogen (secondary N) is 1. The van der Waals surface area contributed by atoms with Crippen LogP contribution in [0, 0.1) is 29.8 Å². The van der Waals surface area contributed by atoms with Crippen LogP contribution in [0.2, 0.25) is 0 Å². The highest BCUT2D eigenvalue weighted by molar-refractivity contribution is 7.90. The summed E-state index contributed by atoms with van der Waals surface area (Å²) in [5.41, 5.74) is -0.814. The second-order valence-corrected chi connectivity index (χ2v) is 8.17. The summed E-state index contributed by atoms with van der Waals surface area (Å²) in [6, 6.07) is 7.19. The Balaban J connectivity index is 1.83. The SMILES string of the molecule is Cc1cc(F)c(S(=O)(=O)NC(=O)C2(Cc3ccccc3F)CC2)cc1F. The van der Waals surface area contributed by atoms with E-state index < -0.39 is 43.7 Å². The predicted molar refractivity (Wildman–Crippen MR) is 88.2 cm³/mol. The molecule has 0 heterocycles. The van der Waals surface area contributed by atoms with E-state index in [0.29, 0.717) is 24.5 Å². The molecule has 0 saturated heterocycles. The van der Waals surface area contributed by atoms with E-state index in [9.17, 15) is 26.4 Å². The lowest BCUT2D eigenvalue weighted by Gasteiger charge is -2.16. The smallest absolute Gasteiger partial charge is 0.267 e. The summed E-state index contributed by atoms with van der Waals surface area (Å²) >= 11 is 0. The first kappa shape index (κ1) is 18.4. The van der Waals surface area contributed by atoms with E-state index in [-0.39, 0.29) is 12.0 Å². The van der Waals surface area contributed by atoms with Crippen molar-refractivity contribution in [1.29, 1.82) is 0 Å². The standard InChI is InChI=1S/C18H16F3NO3S/c1-11-8-15(21)16(9-14(11)20)26(24,25)22-17(23)18(6-7-18)10-12-4-2-3-5-13(12)19/h2-5,8-9H,6-7,10H2,1H3,(H,22,23). The number of halogens is 3. The van der Waals surface area contributed by atoms with Gasteiger partial charge in [-0.3, -0.25) is 4.79 Å². The van der Waals surface area contributed by atoms with Gasteiger partial charge < -0.3 is 0 Å². The van der Waals surface area contributed by atoms with E-state index in [4.69, 9.17) is 0 Å². The first-order chi connectivity index (χ1) is 12.1. The summed E-state index contributed by atoms with van der Waals surface area (Å²) in [5, 5.41) is 0. The highest BCUT2D eigenvalue weighted by Crippen LogP contribution is 2.49. The fourth-order valence-corrected chi connectivity index (χ4v) is 3.91. The number of hydrogen-bond donors (Lipinski definition) is 1. The molecule has 0 bridgehead atoms. The van der Waals surface area contributed by atoms with E-state index in [1.165, 1.54) is 25.1 Å². The Hall–Kier alpha value is -2.35. The van der Waals surface area contributed by atoms with Gasteiger partial charge in [-0.05, 0) is 55.5 Å². The molecule has 1 fully saturated rings. The summed E-state index contributed by atoms with van der Waals surface area (Å²) in [7, 11) is -4.58. The number of aryl methyl sites for hydroxylation is 1. The van der Waals surface area contributed by atoms with Gasteiger partial charge in [0.05, 0.1) is 5.41 Å². The van der Waals surface area contributed by atoms with Crippen molar-refractivity contribution < 1.29 is 26.4 Å². The minimum Gasteiger partial charge on any atom is -0.273 e. The van der Waals surface area contributed by atoms with Crippen LogP contribution in [0.4, 0.5) is 13.2 Å². The molecule has 0 aliphatic heterocycles. The number of amides is 1. The molecule has 1 amide bonds. The third kappa shape index (κ3) is 3.46. The normalized spacial score (nSPS) is 15.5. The van der Waals surface area contributed by atoms with Crippen LogP contribution in [0.5, 0.6) is 0 Å². The zero-order valence-electron chi connectivity index (χ0n) is 13.9. The van der Waals surface area contributed by atoms with E-state index >= 15 is 0 Å². The van der Waals surface area contributed by atoms with Crippen molar-refractivity contribution in [2.75, 3.05) is 0 Å². The van der Waals surface area contributed by atoms with Crippen LogP contribution in [-0.4, -0.2) is 14.3 Å². The molecule has 0 radical (unpaired) electrons. The lowest BCUT2D eigenvalue weighted by molar-refractivity contribution is -0.124. The number of carbonyl (C=O) groups is 1. The second-order valence-electron chi connectivity index (χ2n) is 6.51. The Bertz CT molecular complexity index is 985. The van der Waals surface area contributed by atoms with Crippen LogP contribution in [0.1, 0.15) is 24.0 Å². The van der Waals surface area contributed by atoms with E-state index in [2.05, 4.69) is 0 Å². The van der Waals surface area contributed by atoms with Crippen molar-refractivity contribution in [3.05, 3.63) is 65.0 Å². The third-order valence-electron chi connectivity index (χ3n) is 4.55. The number of benzene rings is 2. The lowest BCUT2D eigenvalue weighted by atomic mass is 9.95. The molecular weight excluding hydrogens is 367 g/mol. The molecule has 0 unspecified atom stereocenters. The van der Waals surface area contributed by atoms with E-state index in [1.807, 2.05) is 0 Å². The Kier molecular flexibility index (Phi) is 4.56. The quantitative estimate of drug-likeness (QED) is 0.862. The van der Waals surface area contributed by atoms with Crippen LogP contribution in [0.25, 0.3) is 0 Å². The summed E-state index contributed by atoms with van der Waals surface area (Å²) in [5.74, 6) is -3.38. The molecule has 26 heavy (non-hydrogen) atoms. The maximum absolute atomic E-state index is 13.9. The van der Waals surface area contributed by atoms with Gasteiger partial charge in [0.15, 0.2) is 0 Å². The monoisotopic (exact) mass is 383 g/mol. The highest BCUT2D eigenvalue weighted by Gasteiger charge is 2.51. The van der Waals surface area contributed by atoms with Gasteiger partial charge in [0, 0.05) is 0 Å². The van der Waals surface area contributed by atoms with Crippen molar-refractivity contribution in [3.63, 3.8) is 0 Å². The lowest BCUT2D eigenvalue weighted by Crippen LogP contribution is -2.38. The fourth-order valence-electron chi connectivity index (χ4n) is 2.76. The largest absolute Gasteiger partial charge is 0.273 e. The minimum atomic E-state index is -4.58. The Labute approximate surface area is 149 Å². The van der Waals surface area contributed by atoms with Crippen LogP contribution in [-0.2, 0) is 21.2 Å². The molecule has 1 N–H and O–H groups in total. The maximum Gasteiger partial charge on any atom is 0.267 e. The number of sulfonamides is 1. The van der Waals surface area contributed by atoms with Gasteiger partial charge in [-0.2, -0.15) is 0 Å². The highest BCUT2D eigenvalue weighted by atomic mass is 32.2. The van der Waals surface area contributed by atoms with Crippen molar-refractivity contribution in [2.45, 2.75) is 31.1 Å². The molecule has 1 aliphatic carbocycles. The summed E-state index contributed by atoms with van der Waals surface area (Å²) in [6.45, 7) is 1.29. The summed E-state index contributed by atoms with van der Waals surface area (Å²) in [4.78, 5) is 11.5. The van der Waals surface area contributed by atoms with Crippen LogP contribution >= 0.6 is 0 Å². The number of carbonyl (C=O) groups excluding carboxylic acids is 1. The van der Waals surface area contributed by atoms with Crippen molar-refractivity contribution in [1.82, 2.24) is 4.72 Å². The summed E-state index contributed by atoms with van der Waals surface area (Å²) in [6.07, 6.45) is 0.798. The van der Waals surface area contributed by atoms with Gasteiger partial charge in [0.25, 0.3) is 10.0 Å². The molecule has 138 valence electrons. The first-order valence-electron chi connectivity index (χ1n) is 7.91. The minimum absolute atomic E-state index is 0.0335. The van der Waals surface area contributed by atoms with Gasteiger partial charge in [-0.25, -0.2) is 26.3 Å². The maximum atomic E-state index is 13.9. The molecule has 1 saturated carbocycles. The second kappa shape index (κ2) is 6.42. The van der Waals surface area contributed by atoms with Crippen molar-refractivity contribution in [3.8, 4) is 0 Å². The number of rotatable bonds is 5. The van der Waals surface area contributed by atoms with Crippen molar-refractivity contribution in [2.24, 2.45) is 5.41 Å². The van der Waals surface area contributed by atoms with Crippen molar-refractivity contribution >= 4 is 15.9 Å². The van der Waals surface area contributed by atoms with E-state index in [1.54, 1.807) is 10.8 Å². The van der Waals surface area contributed by atoms with Gasteiger partial charge in [-0.15, -0.1) is 0 Å². The molecule has 4 nitrogen and oxygen atoms in total. The van der Waals surface area contributed by atoms with Gasteiger partial charge in [0.1, 0.15) is 22.3 Å². The molecule has 1 aliphatic rings. The van der Waals surface area contributed by atoms with Gasteiger partial charge >= 0.3 is 0 Å². The molecule has 8 heteroatoms. The first-order valence-corrected chi connectivity index (χ1v) is 9.39. The zero-order valence-corrected chi connectivity index (χ0v) is 14.7. The predicted octanol–water partition coefficient (Wildman–Crippen LogP) is 3.24. The molecule has 3 rings (SSSR count). The molecule has 2 aromatic carbocycles. The zero-order chi connectivity index (χ0) is 19.1. The van der Waals surface area contributed by atoms with Crippen LogP contribution < -0.4 is 4.72 Å². The van der Waals surface area contributed by atoms with Crippen LogP contribution in [0.3, 0.4) is 0 Å². The van der Waals surface area contributed by atoms with Gasteiger partial charge in [0.2, 0.25) is 5.91 Å². The average molecular weight is 383 g/mol. The molecular formula is C18H16F3NO3S. The molecule has 0 atom stereocenters. The Morgan fingerprint density at radius 3 is 2.35 bits per heavy atom. The van der Waals surface area contributed by atoms with Gasteiger partial charge in [-0.1, -0.05) is 18.2 Å². The fraction of sp³-hybridized carbons (Fsp3) is 0.278. The Morgan fingerprint density at radius 1 is 1.08 bits per heavy atom. The van der Waals surface area contributed by atoms with E-state index in [0.717, 1.165) is 6.07 Å². The third-order valence-corrected chi connectivity index (χ3v) is 5.90. The average Bonchev–Trinajstić information content (AvgIpc) is 3.33. The molecule has 2 aromatic rings. The topological polar surface area (TPSA) is 63.2 Å². The molecule has 0 spiro atoms. The molecule has 0 aromatic heterocycles. The number of hydrogen-bond acceptors (Lipinski definition) is 3.